The van der Waals surface area contributed by atoms with Crippen molar-refractivity contribution in [3.63, 3.8) is 0 Å². The van der Waals surface area contributed by atoms with E-state index in [9.17, 15) is 0 Å². The van der Waals surface area contributed by atoms with E-state index >= 15 is 0 Å². The van der Waals surface area contributed by atoms with E-state index < -0.39 is 0 Å². The van der Waals surface area contributed by atoms with Gasteiger partial charge in [-0.25, -0.2) is 4.98 Å². The quantitative estimate of drug-likeness (QED) is 0.901. The van der Waals surface area contributed by atoms with Gasteiger partial charge in [-0.3, -0.25) is 0 Å². The molecule has 0 spiro atoms. The molecule has 0 bridgehead atoms. The average molecular weight is 300 g/mol. The molecule has 1 aliphatic rings. The molecule has 1 heterocycles. The Hall–Kier alpha value is -0.810. The molecule has 4 nitrogen and oxygen atoms in total. The van der Waals surface area contributed by atoms with Crippen LogP contribution in [0.3, 0.4) is 0 Å². The van der Waals surface area contributed by atoms with Gasteiger partial charge in [0.25, 0.3) is 0 Å². The number of nitrogens with zero attached hydrogens (tertiary/aromatic N) is 1. The zero-order chi connectivity index (χ0) is 12.4. The van der Waals surface area contributed by atoms with Gasteiger partial charge in [0, 0.05) is 13.2 Å². The molecule has 1 aliphatic carbocycles. The molecule has 0 aromatic carbocycles. The van der Waals surface area contributed by atoms with Crippen LogP contribution in [0.1, 0.15) is 24.8 Å². The summed E-state index contributed by atoms with van der Waals surface area (Å²) in [6, 6.07) is 0.437. The maximum absolute atomic E-state index is 5.80. The first-order valence-electron chi connectivity index (χ1n) is 5.81. The Morgan fingerprint density at radius 2 is 2.29 bits per heavy atom. The van der Waals surface area contributed by atoms with Crippen molar-refractivity contribution < 1.29 is 4.74 Å². The van der Waals surface area contributed by atoms with Crippen molar-refractivity contribution >= 4 is 27.4 Å². The lowest BCUT2D eigenvalue weighted by Gasteiger charge is -2.16. The minimum atomic E-state index is 0.376. The molecule has 5 heteroatoms. The number of hydrogen-bond donors (Lipinski definition) is 2. The predicted molar refractivity (Wildman–Crippen MR) is 73.1 cm³/mol. The average Bonchev–Trinajstić information content (AvgIpc) is 2.78. The van der Waals surface area contributed by atoms with Gasteiger partial charge in [0.15, 0.2) is 0 Å². The van der Waals surface area contributed by atoms with Gasteiger partial charge >= 0.3 is 0 Å². The zero-order valence-electron chi connectivity index (χ0n) is 10.2. The van der Waals surface area contributed by atoms with Crippen LogP contribution in [0.5, 0.6) is 0 Å². The third-order valence-electron chi connectivity index (χ3n) is 3.36. The predicted octanol–water partition coefficient (Wildman–Crippen LogP) is 2.71. The van der Waals surface area contributed by atoms with E-state index in [4.69, 9.17) is 10.5 Å². The van der Waals surface area contributed by atoms with E-state index in [1.165, 1.54) is 0 Å². The van der Waals surface area contributed by atoms with Crippen molar-refractivity contribution in [2.75, 3.05) is 18.2 Å². The van der Waals surface area contributed by atoms with Crippen molar-refractivity contribution in [3.8, 4) is 0 Å². The number of rotatable bonds is 3. The van der Waals surface area contributed by atoms with Crippen LogP contribution in [0.25, 0.3) is 0 Å². The Labute approximate surface area is 110 Å². The molecule has 0 radical (unpaired) electrons. The first kappa shape index (κ1) is 12.6. The minimum Gasteiger partial charge on any atom is -0.397 e. The monoisotopic (exact) mass is 299 g/mol. The Morgan fingerprint density at radius 1 is 1.53 bits per heavy atom. The molecule has 1 aromatic heterocycles. The molecular formula is C12H18BrN3O. The summed E-state index contributed by atoms with van der Waals surface area (Å²) in [7, 11) is 1.77. The fraction of sp³-hybridized carbons (Fsp3) is 0.583. The van der Waals surface area contributed by atoms with E-state index in [-0.39, 0.29) is 0 Å². The first-order chi connectivity index (χ1) is 8.11. The van der Waals surface area contributed by atoms with Crippen LogP contribution in [0, 0.1) is 6.92 Å². The fourth-order valence-corrected chi connectivity index (χ4v) is 2.62. The van der Waals surface area contributed by atoms with Gasteiger partial charge in [0.2, 0.25) is 0 Å². The molecule has 3 N–H and O–H groups in total. The summed E-state index contributed by atoms with van der Waals surface area (Å²) in [6.07, 6.45) is 5.34. The van der Waals surface area contributed by atoms with Crippen molar-refractivity contribution in [2.45, 2.75) is 38.3 Å². The maximum Gasteiger partial charge on any atom is 0.140 e. The molecule has 2 atom stereocenters. The third-order valence-corrected chi connectivity index (χ3v) is 4.33. The summed E-state index contributed by atoms with van der Waals surface area (Å²) in [6.45, 7) is 1.99. The smallest absolute Gasteiger partial charge is 0.140 e. The summed E-state index contributed by atoms with van der Waals surface area (Å²) in [5.41, 5.74) is 7.54. The van der Waals surface area contributed by atoms with E-state index in [0.717, 1.165) is 35.1 Å². The lowest BCUT2D eigenvalue weighted by molar-refractivity contribution is 0.108. The second-order valence-corrected chi connectivity index (χ2v) is 5.31. The normalized spacial score (nSPS) is 23.9. The fourth-order valence-electron chi connectivity index (χ4n) is 2.17. The standard InChI is InChI=1S/C12H18BrN3O/c1-7-10(14)6-15-12(11(7)13)16-8-3-4-9(5-8)17-2/h6,8-9H,3-5,14H2,1-2H3,(H,15,16). The number of nitrogens with two attached hydrogens (primary N) is 1. The number of nitrogen functional groups attached to an aromatic ring is 1. The van der Waals surface area contributed by atoms with Crippen molar-refractivity contribution in [3.05, 3.63) is 16.2 Å². The zero-order valence-corrected chi connectivity index (χ0v) is 11.8. The minimum absolute atomic E-state index is 0.376. The first-order valence-corrected chi connectivity index (χ1v) is 6.61. The largest absolute Gasteiger partial charge is 0.397 e. The molecule has 0 aliphatic heterocycles. The Bertz CT molecular complexity index is 411. The van der Waals surface area contributed by atoms with Gasteiger partial charge in [-0.15, -0.1) is 0 Å². The second kappa shape index (κ2) is 5.23. The molecule has 2 unspecified atom stereocenters. The van der Waals surface area contributed by atoms with E-state index in [2.05, 4.69) is 26.2 Å². The molecule has 1 saturated carbocycles. The van der Waals surface area contributed by atoms with E-state index in [1.54, 1.807) is 13.3 Å². The number of aromatic nitrogens is 1. The highest BCUT2D eigenvalue weighted by Gasteiger charge is 2.25. The second-order valence-electron chi connectivity index (χ2n) is 4.51. The number of pyridine rings is 1. The number of anilines is 2. The van der Waals surface area contributed by atoms with E-state index in [0.29, 0.717) is 17.8 Å². The van der Waals surface area contributed by atoms with Gasteiger partial charge in [-0.2, -0.15) is 0 Å². The number of halogens is 1. The lowest BCUT2D eigenvalue weighted by Crippen LogP contribution is -2.18. The summed E-state index contributed by atoms with van der Waals surface area (Å²) < 4.78 is 6.32. The van der Waals surface area contributed by atoms with Gasteiger partial charge < -0.3 is 15.8 Å². The summed E-state index contributed by atoms with van der Waals surface area (Å²) >= 11 is 3.53. The third kappa shape index (κ3) is 2.72. The van der Waals surface area contributed by atoms with Crippen LogP contribution < -0.4 is 11.1 Å². The summed E-state index contributed by atoms with van der Waals surface area (Å²) in [5, 5.41) is 3.45. The molecule has 1 fully saturated rings. The van der Waals surface area contributed by atoms with Crippen LogP contribution in [-0.4, -0.2) is 24.2 Å². The van der Waals surface area contributed by atoms with Crippen LogP contribution in [0.4, 0.5) is 11.5 Å². The lowest BCUT2D eigenvalue weighted by atomic mass is 10.2. The van der Waals surface area contributed by atoms with Crippen LogP contribution >= 0.6 is 15.9 Å². The topological polar surface area (TPSA) is 60.2 Å². The van der Waals surface area contributed by atoms with Crippen molar-refractivity contribution in [1.82, 2.24) is 4.98 Å². The van der Waals surface area contributed by atoms with Gasteiger partial charge in [-0.1, -0.05) is 0 Å². The van der Waals surface area contributed by atoms with Crippen LogP contribution in [-0.2, 0) is 4.74 Å². The summed E-state index contributed by atoms with van der Waals surface area (Å²) in [5.74, 6) is 0.874. The van der Waals surface area contributed by atoms with Gasteiger partial charge in [0.05, 0.1) is 22.5 Å². The highest BCUT2D eigenvalue weighted by Crippen LogP contribution is 2.31. The van der Waals surface area contributed by atoms with Gasteiger partial charge in [0.1, 0.15) is 5.82 Å². The van der Waals surface area contributed by atoms with Crippen LogP contribution in [0.2, 0.25) is 0 Å². The SMILES string of the molecule is COC1CCC(Nc2ncc(N)c(C)c2Br)C1. The number of ether oxygens (including phenoxy) is 1. The van der Waals surface area contributed by atoms with Crippen molar-refractivity contribution in [1.29, 1.82) is 0 Å². The molecule has 94 valence electrons. The van der Waals surface area contributed by atoms with Gasteiger partial charge in [-0.05, 0) is 47.7 Å². The highest BCUT2D eigenvalue weighted by molar-refractivity contribution is 9.10. The molecule has 0 saturated heterocycles. The molecular weight excluding hydrogens is 282 g/mol. The highest BCUT2D eigenvalue weighted by atomic mass is 79.9. The molecule has 2 rings (SSSR count). The molecule has 1 aromatic rings. The summed E-state index contributed by atoms with van der Waals surface area (Å²) in [4.78, 5) is 4.33. The van der Waals surface area contributed by atoms with E-state index in [1.807, 2.05) is 6.92 Å². The Morgan fingerprint density at radius 3 is 2.94 bits per heavy atom. The number of methoxy groups -OCH3 is 1. The maximum atomic E-state index is 5.80. The number of nitrogens with one attached hydrogen (secondary N) is 1. The Kier molecular flexibility index (Phi) is 3.89. The number of hydrogen-bond acceptors (Lipinski definition) is 4. The molecule has 0 amide bonds. The van der Waals surface area contributed by atoms with Crippen LogP contribution in [0.15, 0.2) is 10.7 Å². The molecule has 17 heavy (non-hydrogen) atoms. The Balaban J connectivity index is 2.07. The van der Waals surface area contributed by atoms with Crippen molar-refractivity contribution in [2.24, 2.45) is 0 Å².